The maximum Gasteiger partial charge on any atom is 0.355 e. The number of ketones is 1. The van der Waals surface area contributed by atoms with E-state index >= 15 is 8.78 Å². The van der Waals surface area contributed by atoms with E-state index in [1.165, 1.54) is 13.0 Å². The summed E-state index contributed by atoms with van der Waals surface area (Å²) in [6.45, 7) is 5.49. The Balaban J connectivity index is 1.35. The van der Waals surface area contributed by atoms with Crippen LogP contribution in [-0.4, -0.2) is 57.7 Å². The largest absolute Gasteiger partial charge is 0.465 e. The van der Waals surface area contributed by atoms with E-state index in [9.17, 15) is 24.3 Å². The zero-order chi connectivity index (χ0) is 30.4. The number of aliphatic hydroxyl groups is 1. The van der Waals surface area contributed by atoms with Crippen molar-refractivity contribution in [1.29, 1.82) is 0 Å². The van der Waals surface area contributed by atoms with E-state index < -0.39 is 75.3 Å². The Labute approximate surface area is 258 Å². The molecule has 7 nitrogen and oxygen atoms in total. The first-order chi connectivity index (χ1) is 19.7. The second-order valence-electron chi connectivity index (χ2n) is 12.6. The molecule has 226 valence electrons. The maximum atomic E-state index is 17.8. The molecule has 0 unspecified atom stereocenters. The molecular formula is C30H31BrF2O7S2. The van der Waals surface area contributed by atoms with Gasteiger partial charge in [0.2, 0.25) is 5.78 Å². The van der Waals surface area contributed by atoms with Gasteiger partial charge >= 0.3 is 11.9 Å². The Hall–Kier alpha value is -1.89. The SMILES string of the molecule is C[C@@H]1C[C@H]2[C@H]3C[C@H](F)C4=CC(=O)C(OC(=O)c5sccc5Br)=C[C@]4(C)[C@@]3(F)[C@@H](O)C[C@]2(C)[C@@H]1C(=O)S[C@H]1CCOC1=O. The van der Waals surface area contributed by atoms with Crippen LogP contribution in [0.5, 0.6) is 0 Å². The number of thioether (sulfide) groups is 1. The lowest BCUT2D eigenvalue weighted by atomic mass is 9.45. The first-order valence-electron chi connectivity index (χ1n) is 14.0. The summed E-state index contributed by atoms with van der Waals surface area (Å²) in [5, 5.41) is 12.6. The first kappa shape index (κ1) is 30.1. The van der Waals surface area contributed by atoms with Gasteiger partial charge in [0.05, 0.1) is 18.1 Å². The number of hydrogen-bond donors (Lipinski definition) is 1. The van der Waals surface area contributed by atoms with E-state index in [1.54, 1.807) is 11.4 Å². The quantitative estimate of drug-likeness (QED) is 0.400. The molecule has 0 amide bonds. The molecule has 5 aliphatic rings. The zero-order valence-corrected chi connectivity index (χ0v) is 26.5. The molecule has 42 heavy (non-hydrogen) atoms. The van der Waals surface area contributed by atoms with Crippen LogP contribution in [0, 0.1) is 34.5 Å². The zero-order valence-electron chi connectivity index (χ0n) is 23.2. The van der Waals surface area contributed by atoms with E-state index in [0.29, 0.717) is 17.3 Å². The van der Waals surface area contributed by atoms with Crippen molar-refractivity contribution in [3.63, 3.8) is 0 Å². The Bertz CT molecular complexity index is 1440. The standard InChI is InChI=1S/C30H31BrF2O7S2/c1-13-8-14-15-9-18(32)16-10-19(34)20(40-26(37)24-17(31)5-7-41-24)11-29(16,3)30(15,33)22(35)12-28(14,2)23(13)27(38)42-21-4-6-39-25(21)36/h5,7,10-11,13-15,18,21-23,35H,4,6,8-9,12H2,1-3H3/t13-,14+,15-,18+,21+,22+,23+,28+,29+,30+/m1/s1. The summed E-state index contributed by atoms with van der Waals surface area (Å²) in [4.78, 5) is 51.7. The third-order valence-electron chi connectivity index (χ3n) is 10.4. The van der Waals surface area contributed by atoms with Crippen molar-refractivity contribution in [2.75, 3.05) is 6.61 Å². The maximum absolute atomic E-state index is 17.8. The second-order valence-corrected chi connectivity index (χ2v) is 15.6. The lowest BCUT2D eigenvalue weighted by Crippen LogP contribution is -2.68. The summed E-state index contributed by atoms with van der Waals surface area (Å²) < 4.78 is 44.7. The van der Waals surface area contributed by atoms with Crippen molar-refractivity contribution >= 4 is 61.9 Å². The van der Waals surface area contributed by atoms with Gasteiger partial charge in [-0.2, -0.15) is 0 Å². The molecule has 10 atom stereocenters. The van der Waals surface area contributed by atoms with Gasteiger partial charge in [0.15, 0.2) is 16.5 Å². The van der Waals surface area contributed by atoms with Gasteiger partial charge in [-0.05, 0) is 88.5 Å². The first-order valence-corrected chi connectivity index (χ1v) is 16.6. The van der Waals surface area contributed by atoms with Crippen LogP contribution in [0.3, 0.4) is 0 Å². The molecule has 1 N–H and O–H groups in total. The Morgan fingerprint density at radius 2 is 1.98 bits per heavy atom. The van der Waals surface area contributed by atoms with E-state index in [4.69, 9.17) is 9.47 Å². The molecule has 12 heteroatoms. The second kappa shape index (κ2) is 10.3. The number of alkyl halides is 2. The van der Waals surface area contributed by atoms with Crippen LogP contribution in [0.4, 0.5) is 8.78 Å². The summed E-state index contributed by atoms with van der Waals surface area (Å²) in [7, 11) is 0. The average molecular weight is 686 g/mol. The molecule has 4 fully saturated rings. The summed E-state index contributed by atoms with van der Waals surface area (Å²) in [6, 6.07) is 1.65. The normalized spacial score (nSPS) is 42.6. The van der Waals surface area contributed by atoms with Crippen molar-refractivity contribution in [2.24, 2.45) is 34.5 Å². The van der Waals surface area contributed by atoms with Crippen LogP contribution >= 0.6 is 39.0 Å². The van der Waals surface area contributed by atoms with Crippen LogP contribution in [0.2, 0.25) is 0 Å². The van der Waals surface area contributed by atoms with Gasteiger partial charge in [-0.1, -0.05) is 25.6 Å². The molecule has 0 aromatic carbocycles. The summed E-state index contributed by atoms with van der Waals surface area (Å²) in [5.41, 5.74) is -5.09. The minimum Gasteiger partial charge on any atom is -0.465 e. The third kappa shape index (κ3) is 4.25. The number of ether oxygens (including phenoxy) is 2. The number of carbonyl (C=O) groups is 4. The van der Waals surface area contributed by atoms with Crippen molar-refractivity contribution in [3.8, 4) is 0 Å². The smallest absolute Gasteiger partial charge is 0.355 e. The minimum atomic E-state index is -2.40. The molecule has 1 aliphatic heterocycles. The van der Waals surface area contributed by atoms with Gasteiger partial charge in [0, 0.05) is 22.7 Å². The highest BCUT2D eigenvalue weighted by Crippen LogP contribution is 2.70. The Morgan fingerprint density at radius 3 is 2.62 bits per heavy atom. The number of thiophene rings is 1. The fraction of sp³-hybridized carbons (Fsp3) is 0.600. The van der Waals surface area contributed by atoms with Crippen LogP contribution < -0.4 is 0 Å². The molecular weight excluding hydrogens is 654 g/mol. The van der Waals surface area contributed by atoms with Crippen molar-refractivity contribution in [1.82, 2.24) is 0 Å². The number of esters is 2. The Kier molecular flexibility index (Phi) is 7.42. The molecule has 0 radical (unpaired) electrons. The molecule has 6 rings (SSSR count). The van der Waals surface area contributed by atoms with Gasteiger partial charge in [-0.3, -0.25) is 14.4 Å². The average Bonchev–Trinajstić information content (AvgIpc) is 3.59. The third-order valence-corrected chi connectivity index (χ3v) is 13.5. The highest BCUT2D eigenvalue weighted by atomic mass is 79.9. The number of allylic oxidation sites excluding steroid dienone is 3. The number of halogens is 3. The fourth-order valence-corrected chi connectivity index (χ4v) is 11.3. The Morgan fingerprint density at radius 1 is 1.24 bits per heavy atom. The summed E-state index contributed by atoms with van der Waals surface area (Å²) in [6.07, 6.45) is -0.497. The van der Waals surface area contributed by atoms with Gasteiger partial charge in [-0.15, -0.1) is 11.3 Å². The summed E-state index contributed by atoms with van der Waals surface area (Å²) >= 11 is 5.32. The molecule has 0 spiro atoms. The van der Waals surface area contributed by atoms with Crippen LogP contribution in [0.25, 0.3) is 0 Å². The van der Waals surface area contributed by atoms with Gasteiger partial charge < -0.3 is 14.6 Å². The van der Waals surface area contributed by atoms with Crippen LogP contribution in [0.1, 0.15) is 56.1 Å². The summed E-state index contributed by atoms with van der Waals surface area (Å²) in [5.74, 6) is -4.55. The molecule has 1 aromatic heterocycles. The topological polar surface area (TPSA) is 107 Å². The lowest BCUT2D eigenvalue weighted by molar-refractivity contribution is -0.201. The van der Waals surface area contributed by atoms with Gasteiger partial charge in [-0.25, -0.2) is 13.6 Å². The highest BCUT2D eigenvalue weighted by Gasteiger charge is 2.73. The number of hydrogen-bond acceptors (Lipinski definition) is 9. The molecule has 2 heterocycles. The predicted octanol–water partition coefficient (Wildman–Crippen LogP) is 5.75. The monoisotopic (exact) mass is 684 g/mol. The van der Waals surface area contributed by atoms with Crippen LogP contribution in [-0.2, 0) is 23.9 Å². The molecule has 0 bridgehead atoms. The van der Waals surface area contributed by atoms with Crippen molar-refractivity contribution in [3.05, 3.63) is 44.3 Å². The molecule has 1 aromatic rings. The van der Waals surface area contributed by atoms with Gasteiger partial charge in [0.1, 0.15) is 16.3 Å². The van der Waals surface area contributed by atoms with Crippen LogP contribution in [0.15, 0.2) is 39.4 Å². The number of aliphatic hydroxyl groups excluding tert-OH is 1. The van der Waals surface area contributed by atoms with E-state index in [0.717, 1.165) is 29.2 Å². The highest BCUT2D eigenvalue weighted by molar-refractivity contribution is 9.10. The lowest BCUT2D eigenvalue weighted by Gasteiger charge is -2.62. The van der Waals surface area contributed by atoms with Crippen molar-refractivity contribution < 1.29 is 42.5 Å². The van der Waals surface area contributed by atoms with E-state index in [-0.39, 0.29) is 40.9 Å². The number of fused-ring (bicyclic) bond motifs is 5. The number of carbonyl (C=O) groups excluding carboxylic acids is 4. The fourth-order valence-electron chi connectivity index (χ4n) is 8.60. The van der Waals surface area contributed by atoms with Crippen molar-refractivity contribution in [2.45, 2.75) is 69.6 Å². The predicted molar refractivity (Wildman–Crippen MR) is 155 cm³/mol. The molecule has 1 saturated heterocycles. The van der Waals surface area contributed by atoms with E-state index in [1.807, 2.05) is 13.8 Å². The number of cyclic esters (lactones) is 1. The molecule has 3 saturated carbocycles. The number of rotatable bonds is 4. The minimum absolute atomic E-state index is 0.0556. The molecule has 4 aliphatic carbocycles. The van der Waals surface area contributed by atoms with E-state index in [2.05, 4.69) is 15.9 Å². The van der Waals surface area contributed by atoms with Gasteiger partial charge in [0.25, 0.3) is 0 Å².